The number of benzene rings is 1. The second-order valence-electron chi connectivity index (χ2n) is 7.22. The Kier molecular flexibility index (Phi) is 7.97. The number of amides is 1. The van der Waals surface area contributed by atoms with Crippen LogP contribution in [0.4, 0.5) is 5.69 Å². The Labute approximate surface area is 181 Å². The minimum atomic E-state index is -0.745. The summed E-state index contributed by atoms with van der Waals surface area (Å²) in [7, 11) is 0. The lowest BCUT2D eigenvalue weighted by molar-refractivity contribution is -0.121. The molecule has 0 aliphatic heterocycles. The normalized spacial score (nSPS) is 10.3. The Morgan fingerprint density at radius 3 is 2.26 bits per heavy atom. The highest BCUT2D eigenvalue weighted by molar-refractivity contribution is 6.00. The molecular weight excluding hydrogens is 398 g/mol. The average molecular weight is 425 g/mol. The predicted octanol–water partition coefficient (Wildman–Crippen LogP) is 3.53. The molecule has 2 rings (SSSR count). The highest BCUT2D eigenvalue weighted by Gasteiger charge is 2.25. The minimum Gasteiger partial charge on any atom is -0.462 e. The number of hydrogen-bond donors (Lipinski definition) is 1. The lowest BCUT2D eigenvalue weighted by Crippen LogP contribution is -2.35. The molecule has 8 nitrogen and oxygen atoms in total. The summed E-state index contributed by atoms with van der Waals surface area (Å²) in [6, 6.07) is 7.69. The molecule has 0 atom stereocenters. The van der Waals surface area contributed by atoms with E-state index >= 15 is 0 Å². The Hall–Kier alpha value is -3.60. The van der Waals surface area contributed by atoms with Gasteiger partial charge in [0.2, 0.25) is 0 Å². The molecule has 0 saturated heterocycles. The fraction of sp³-hybridized carbons (Fsp3) is 0.391. The Morgan fingerprint density at radius 2 is 1.68 bits per heavy atom. The molecule has 1 amide bonds. The molecule has 0 spiro atoms. The standard InChI is InChI=1S/C23H27N3O5/c1-6-30-22(28)20-16(4)21(25-17(20)5)23(29)31-13-19(27)26(9-7-8-24)18-11-14(2)10-15(3)12-18/h10-12,25H,6-7,9,13H2,1-5H3. The van der Waals surface area contributed by atoms with Gasteiger partial charge in [-0.2, -0.15) is 5.26 Å². The van der Waals surface area contributed by atoms with Crippen LogP contribution in [0.1, 0.15) is 56.6 Å². The predicted molar refractivity (Wildman–Crippen MR) is 115 cm³/mol. The number of nitriles is 1. The molecule has 0 bridgehead atoms. The number of rotatable bonds is 8. The van der Waals surface area contributed by atoms with Gasteiger partial charge in [0, 0.05) is 17.9 Å². The van der Waals surface area contributed by atoms with E-state index in [1.165, 1.54) is 4.90 Å². The molecule has 0 unspecified atom stereocenters. The number of esters is 2. The zero-order chi connectivity index (χ0) is 23.1. The van der Waals surface area contributed by atoms with Crippen LogP contribution >= 0.6 is 0 Å². The fourth-order valence-corrected chi connectivity index (χ4v) is 3.41. The zero-order valence-corrected chi connectivity index (χ0v) is 18.5. The molecule has 31 heavy (non-hydrogen) atoms. The number of aromatic amines is 1. The lowest BCUT2D eigenvalue weighted by Gasteiger charge is -2.22. The molecule has 0 aliphatic rings. The van der Waals surface area contributed by atoms with Crippen molar-refractivity contribution in [1.29, 1.82) is 5.26 Å². The number of ether oxygens (including phenoxy) is 2. The van der Waals surface area contributed by atoms with E-state index in [-0.39, 0.29) is 30.8 Å². The topological polar surface area (TPSA) is 112 Å². The first-order valence-electron chi connectivity index (χ1n) is 9.98. The van der Waals surface area contributed by atoms with E-state index in [4.69, 9.17) is 14.7 Å². The third kappa shape index (κ3) is 5.72. The van der Waals surface area contributed by atoms with Crippen LogP contribution in [0.5, 0.6) is 0 Å². The van der Waals surface area contributed by atoms with Crippen LogP contribution in [0.25, 0.3) is 0 Å². The summed E-state index contributed by atoms with van der Waals surface area (Å²) in [5, 5.41) is 8.95. The summed E-state index contributed by atoms with van der Waals surface area (Å²) in [4.78, 5) is 41.8. The first-order chi connectivity index (χ1) is 14.7. The molecule has 2 aromatic rings. The number of nitrogens with zero attached hydrogens (tertiary/aromatic N) is 2. The third-order valence-electron chi connectivity index (χ3n) is 4.71. The van der Waals surface area contributed by atoms with Gasteiger partial charge in [0.25, 0.3) is 5.91 Å². The Bertz CT molecular complexity index is 1010. The van der Waals surface area contributed by atoms with Crippen molar-refractivity contribution in [3.05, 3.63) is 51.8 Å². The maximum atomic E-state index is 12.8. The van der Waals surface area contributed by atoms with Crippen molar-refractivity contribution in [1.82, 2.24) is 4.98 Å². The van der Waals surface area contributed by atoms with Crippen LogP contribution in [0.3, 0.4) is 0 Å². The minimum absolute atomic E-state index is 0.100. The van der Waals surface area contributed by atoms with Crippen molar-refractivity contribution in [3.63, 3.8) is 0 Å². The zero-order valence-electron chi connectivity index (χ0n) is 18.5. The highest BCUT2D eigenvalue weighted by atomic mass is 16.5. The van der Waals surface area contributed by atoms with Crippen molar-refractivity contribution in [2.45, 2.75) is 41.0 Å². The van der Waals surface area contributed by atoms with Gasteiger partial charge in [0.1, 0.15) is 5.69 Å². The first kappa shape index (κ1) is 23.7. The highest BCUT2D eigenvalue weighted by Crippen LogP contribution is 2.21. The van der Waals surface area contributed by atoms with Crippen LogP contribution in [0, 0.1) is 39.0 Å². The molecule has 0 radical (unpaired) electrons. The summed E-state index contributed by atoms with van der Waals surface area (Å²) in [5.41, 5.74) is 3.88. The summed E-state index contributed by atoms with van der Waals surface area (Å²) in [6.07, 6.45) is 0.143. The molecule has 0 aliphatic carbocycles. The van der Waals surface area contributed by atoms with Gasteiger partial charge < -0.3 is 19.4 Å². The van der Waals surface area contributed by atoms with Crippen LogP contribution in [0.2, 0.25) is 0 Å². The molecule has 1 aromatic heterocycles. The van der Waals surface area contributed by atoms with Gasteiger partial charge in [-0.05, 0) is 63.4 Å². The van der Waals surface area contributed by atoms with Gasteiger partial charge >= 0.3 is 11.9 Å². The number of H-pyrrole nitrogens is 1. The van der Waals surface area contributed by atoms with Crippen molar-refractivity contribution in [2.75, 3.05) is 24.7 Å². The second kappa shape index (κ2) is 10.4. The summed E-state index contributed by atoms with van der Waals surface area (Å²) in [6.45, 7) is 8.71. The van der Waals surface area contributed by atoms with E-state index in [0.717, 1.165) is 11.1 Å². The van der Waals surface area contributed by atoms with Gasteiger partial charge in [-0.25, -0.2) is 9.59 Å². The molecule has 1 N–H and O–H groups in total. The molecule has 0 fully saturated rings. The molecule has 1 heterocycles. The maximum Gasteiger partial charge on any atom is 0.355 e. The van der Waals surface area contributed by atoms with E-state index in [0.29, 0.717) is 16.9 Å². The van der Waals surface area contributed by atoms with E-state index in [2.05, 4.69) is 4.98 Å². The summed E-state index contributed by atoms with van der Waals surface area (Å²) >= 11 is 0. The molecular formula is C23H27N3O5. The molecule has 0 saturated carbocycles. The number of anilines is 1. The van der Waals surface area contributed by atoms with Gasteiger partial charge in [0.05, 0.1) is 24.7 Å². The largest absolute Gasteiger partial charge is 0.462 e. The van der Waals surface area contributed by atoms with Crippen molar-refractivity contribution >= 4 is 23.5 Å². The second-order valence-corrected chi connectivity index (χ2v) is 7.22. The van der Waals surface area contributed by atoms with Gasteiger partial charge in [-0.15, -0.1) is 0 Å². The maximum absolute atomic E-state index is 12.8. The smallest absolute Gasteiger partial charge is 0.355 e. The summed E-state index contributed by atoms with van der Waals surface area (Å²) in [5.74, 6) is -1.72. The average Bonchev–Trinajstić information content (AvgIpc) is 3.00. The van der Waals surface area contributed by atoms with E-state index < -0.39 is 24.5 Å². The van der Waals surface area contributed by atoms with Crippen LogP contribution in [-0.4, -0.2) is 42.6 Å². The number of carbonyl (C=O) groups excluding carboxylic acids is 3. The monoisotopic (exact) mass is 425 g/mol. The SMILES string of the molecule is CCOC(=O)c1c(C)[nH]c(C(=O)OCC(=O)N(CCC#N)c2cc(C)cc(C)c2)c1C. The number of aromatic nitrogens is 1. The third-order valence-corrected chi connectivity index (χ3v) is 4.71. The van der Waals surface area contributed by atoms with Crippen molar-refractivity contribution in [3.8, 4) is 6.07 Å². The Morgan fingerprint density at radius 1 is 1.03 bits per heavy atom. The van der Waals surface area contributed by atoms with Gasteiger partial charge in [-0.3, -0.25) is 4.79 Å². The first-order valence-corrected chi connectivity index (χ1v) is 9.98. The van der Waals surface area contributed by atoms with Crippen molar-refractivity contribution in [2.24, 2.45) is 0 Å². The van der Waals surface area contributed by atoms with E-state index in [1.807, 2.05) is 38.1 Å². The number of carbonyl (C=O) groups is 3. The lowest BCUT2D eigenvalue weighted by atomic mass is 10.1. The van der Waals surface area contributed by atoms with E-state index in [9.17, 15) is 14.4 Å². The quantitative estimate of drug-likeness (QED) is 0.648. The van der Waals surface area contributed by atoms with Gasteiger partial charge in [-0.1, -0.05) is 6.07 Å². The number of hydrogen-bond acceptors (Lipinski definition) is 6. The van der Waals surface area contributed by atoms with E-state index in [1.54, 1.807) is 20.8 Å². The fourth-order valence-electron chi connectivity index (χ4n) is 3.41. The number of nitrogens with one attached hydrogen (secondary N) is 1. The van der Waals surface area contributed by atoms with Crippen LogP contribution in [0.15, 0.2) is 18.2 Å². The van der Waals surface area contributed by atoms with Crippen molar-refractivity contribution < 1.29 is 23.9 Å². The van der Waals surface area contributed by atoms with Crippen LogP contribution < -0.4 is 4.90 Å². The Balaban J connectivity index is 2.17. The molecule has 164 valence electrons. The summed E-state index contributed by atoms with van der Waals surface area (Å²) < 4.78 is 10.2. The number of aryl methyl sites for hydroxylation is 3. The molecule has 1 aromatic carbocycles. The van der Waals surface area contributed by atoms with Gasteiger partial charge in [0.15, 0.2) is 6.61 Å². The molecule has 8 heteroatoms. The van der Waals surface area contributed by atoms with Crippen LogP contribution in [-0.2, 0) is 14.3 Å².